The normalized spacial score (nSPS) is 20.7. The summed E-state index contributed by atoms with van der Waals surface area (Å²) < 4.78 is 6.07. The van der Waals surface area contributed by atoms with Gasteiger partial charge in [-0.15, -0.1) is 0 Å². The van der Waals surface area contributed by atoms with Crippen molar-refractivity contribution in [1.29, 1.82) is 0 Å². The smallest absolute Gasteiger partial charge is 0.146 e. The lowest BCUT2D eigenvalue weighted by Crippen LogP contribution is -2.41. The molecule has 2 aromatic rings. The first-order valence-electron chi connectivity index (χ1n) is 11.6. The highest BCUT2D eigenvalue weighted by atomic mass is 16.5. The molecule has 0 aliphatic carbocycles. The first-order chi connectivity index (χ1) is 15.2. The Labute approximate surface area is 193 Å². The molecular formula is C27H40N2O3. The molecule has 5 heteroatoms. The Hall–Kier alpha value is -2.34. The number of anilines is 1. The minimum absolute atomic E-state index is 0.484. The van der Waals surface area contributed by atoms with Crippen LogP contribution in [0.15, 0.2) is 48.5 Å². The average Bonchev–Trinajstić information content (AvgIpc) is 2.89. The summed E-state index contributed by atoms with van der Waals surface area (Å²) in [4.78, 5) is 1.86. The number of rotatable bonds is 2. The summed E-state index contributed by atoms with van der Waals surface area (Å²) in [5, 5.41) is 20.3. The lowest BCUT2D eigenvalue weighted by molar-refractivity contribution is -0.0261. The molecule has 0 saturated heterocycles. The minimum atomic E-state index is -0.593. The summed E-state index contributed by atoms with van der Waals surface area (Å²) in [6.07, 6.45) is 3.21. The molecule has 32 heavy (non-hydrogen) atoms. The van der Waals surface area contributed by atoms with E-state index in [9.17, 15) is 10.2 Å². The van der Waals surface area contributed by atoms with Gasteiger partial charge in [0.25, 0.3) is 0 Å². The van der Waals surface area contributed by atoms with E-state index in [1.165, 1.54) is 5.56 Å². The maximum Gasteiger partial charge on any atom is 0.146 e. The molecule has 0 fully saturated rings. The zero-order valence-corrected chi connectivity index (χ0v) is 20.4. The van der Waals surface area contributed by atoms with Gasteiger partial charge < -0.3 is 25.6 Å². The molecule has 2 aromatic carbocycles. The minimum Gasteiger partial charge on any atom is -0.485 e. The van der Waals surface area contributed by atoms with Crippen molar-refractivity contribution in [1.82, 2.24) is 0 Å². The third-order valence-electron chi connectivity index (χ3n) is 5.92. The second kappa shape index (κ2) is 11.5. The van der Waals surface area contributed by atoms with Crippen molar-refractivity contribution in [3.63, 3.8) is 0 Å². The van der Waals surface area contributed by atoms with Crippen molar-refractivity contribution in [2.75, 3.05) is 18.5 Å². The Morgan fingerprint density at radius 1 is 1.12 bits per heavy atom. The van der Waals surface area contributed by atoms with Gasteiger partial charge in [-0.1, -0.05) is 44.2 Å². The molecule has 2 atom stereocenters. The Morgan fingerprint density at radius 3 is 2.41 bits per heavy atom. The number of likely N-dealkylation sites (N-methyl/N-ethyl adjacent to an activating group) is 1. The zero-order chi connectivity index (χ0) is 23.9. The third-order valence-corrected chi connectivity index (χ3v) is 5.92. The average molecular weight is 441 g/mol. The quantitative estimate of drug-likeness (QED) is 0.639. The fourth-order valence-electron chi connectivity index (χ4n) is 3.88. The van der Waals surface area contributed by atoms with Crippen LogP contribution in [0.5, 0.6) is 5.75 Å². The fourth-order valence-corrected chi connectivity index (χ4v) is 3.88. The predicted octanol–water partition coefficient (Wildman–Crippen LogP) is 4.54. The number of ether oxygens (including phenoxy) is 1. The zero-order valence-electron chi connectivity index (χ0n) is 20.4. The highest BCUT2D eigenvalue weighted by Gasteiger charge is 2.34. The van der Waals surface area contributed by atoms with E-state index in [2.05, 4.69) is 18.2 Å². The fraction of sp³-hybridized carbons (Fsp3) is 0.481. The summed E-state index contributed by atoms with van der Waals surface area (Å²) >= 11 is 0. The molecule has 0 bridgehead atoms. The molecular weight excluding hydrogens is 400 g/mol. The van der Waals surface area contributed by atoms with Crippen molar-refractivity contribution >= 4 is 11.3 Å². The van der Waals surface area contributed by atoms with E-state index in [0.29, 0.717) is 6.42 Å². The van der Waals surface area contributed by atoms with Crippen LogP contribution in [0, 0.1) is 0 Å². The number of benzene rings is 2. The van der Waals surface area contributed by atoms with Gasteiger partial charge in [0.2, 0.25) is 0 Å². The van der Waals surface area contributed by atoms with Gasteiger partial charge in [0, 0.05) is 18.3 Å². The van der Waals surface area contributed by atoms with Gasteiger partial charge in [0.1, 0.15) is 17.6 Å². The lowest BCUT2D eigenvalue weighted by Gasteiger charge is -2.33. The summed E-state index contributed by atoms with van der Waals surface area (Å²) in [5.74, 6) is 0.841. The summed E-state index contributed by atoms with van der Waals surface area (Å²) in [6, 6.07) is 14.4. The molecule has 0 saturated carbocycles. The first kappa shape index (κ1) is 25.9. The van der Waals surface area contributed by atoms with E-state index >= 15 is 0 Å². The third kappa shape index (κ3) is 6.12. The predicted molar refractivity (Wildman–Crippen MR) is 134 cm³/mol. The highest BCUT2D eigenvalue weighted by molar-refractivity contribution is 5.81. The number of fused-ring (bicyclic) bond motifs is 2. The number of allylic oxidation sites excluding steroid dienone is 1. The van der Waals surface area contributed by atoms with Crippen LogP contribution in [-0.2, 0) is 12.8 Å². The molecule has 0 amide bonds. The number of nitrogens with zero attached hydrogens (tertiary/aromatic N) is 1. The Balaban J connectivity index is 0.000000277. The molecule has 0 radical (unpaired) electrons. The van der Waals surface area contributed by atoms with Crippen LogP contribution < -0.4 is 15.4 Å². The van der Waals surface area contributed by atoms with Crippen LogP contribution in [0.3, 0.4) is 0 Å². The number of aryl methyl sites for hydroxylation is 1. The van der Waals surface area contributed by atoms with E-state index in [1.807, 2.05) is 76.9 Å². The molecule has 5 nitrogen and oxygen atoms in total. The van der Waals surface area contributed by atoms with E-state index in [1.54, 1.807) is 0 Å². The van der Waals surface area contributed by atoms with Crippen LogP contribution in [-0.4, -0.2) is 41.7 Å². The molecule has 0 aromatic heterocycles. The number of nitrogens with two attached hydrogens (primary N) is 1. The van der Waals surface area contributed by atoms with Gasteiger partial charge in [-0.05, 0) is 81.5 Å². The van der Waals surface area contributed by atoms with Crippen molar-refractivity contribution in [3.8, 4) is 5.75 Å². The van der Waals surface area contributed by atoms with Gasteiger partial charge in [0.15, 0.2) is 0 Å². The Morgan fingerprint density at radius 2 is 1.78 bits per heavy atom. The van der Waals surface area contributed by atoms with Crippen LogP contribution >= 0.6 is 0 Å². The maximum atomic E-state index is 10.2. The van der Waals surface area contributed by atoms with Crippen LogP contribution in [0.4, 0.5) is 5.69 Å². The highest BCUT2D eigenvalue weighted by Crippen LogP contribution is 2.41. The van der Waals surface area contributed by atoms with Crippen molar-refractivity contribution in [2.45, 2.75) is 71.8 Å². The molecule has 2 aliphatic rings. The van der Waals surface area contributed by atoms with Gasteiger partial charge in [-0.2, -0.15) is 0 Å². The van der Waals surface area contributed by atoms with Crippen LogP contribution in [0.25, 0.3) is 5.57 Å². The second-order valence-corrected chi connectivity index (χ2v) is 8.64. The van der Waals surface area contributed by atoms with E-state index in [4.69, 9.17) is 10.5 Å². The molecule has 0 spiro atoms. The second-order valence-electron chi connectivity index (χ2n) is 8.64. The SMILES string of the molecule is CC.CC1=CC(O)N(C)c2cc3c(cc21)OC(C)(C)C(O)CC3.NCCc1ccccc1. The van der Waals surface area contributed by atoms with Gasteiger partial charge in [0.05, 0.1) is 6.10 Å². The summed E-state index contributed by atoms with van der Waals surface area (Å²) in [5.41, 5.74) is 10.3. The van der Waals surface area contributed by atoms with Crippen LogP contribution in [0.2, 0.25) is 0 Å². The largest absolute Gasteiger partial charge is 0.485 e. The van der Waals surface area contributed by atoms with Crippen LogP contribution in [0.1, 0.15) is 57.7 Å². The number of aliphatic hydroxyl groups is 2. The molecule has 4 rings (SSSR count). The number of aliphatic hydroxyl groups excluding tert-OH is 2. The van der Waals surface area contributed by atoms with E-state index < -0.39 is 17.9 Å². The monoisotopic (exact) mass is 440 g/mol. The molecule has 2 unspecified atom stereocenters. The molecule has 2 heterocycles. The summed E-state index contributed by atoms with van der Waals surface area (Å²) in [6.45, 7) is 10.6. The van der Waals surface area contributed by atoms with Crippen molar-refractivity contribution < 1.29 is 14.9 Å². The van der Waals surface area contributed by atoms with Crippen molar-refractivity contribution in [3.05, 3.63) is 65.2 Å². The van der Waals surface area contributed by atoms with E-state index in [-0.39, 0.29) is 0 Å². The van der Waals surface area contributed by atoms with Gasteiger partial charge >= 0.3 is 0 Å². The topological polar surface area (TPSA) is 79.0 Å². The molecule has 2 aliphatic heterocycles. The lowest BCUT2D eigenvalue weighted by atomic mass is 9.94. The Kier molecular flexibility index (Phi) is 9.32. The van der Waals surface area contributed by atoms with Crippen molar-refractivity contribution in [2.24, 2.45) is 5.73 Å². The first-order valence-corrected chi connectivity index (χ1v) is 11.6. The molecule has 176 valence electrons. The molecule has 4 N–H and O–H groups in total. The number of hydrogen-bond acceptors (Lipinski definition) is 5. The van der Waals surface area contributed by atoms with Gasteiger partial charge in [-0.25, -0.2) is 0 Å². The summed E-state index contributed by atoms with van der Waals surface area (Å²) in [7, 11) is 1.88. The maximum absolute atomic E-state index is 10.2. The van der Waals surface area contributed by atoms with Gasteiger partial charge in [-0.3, -0.25) is 0 Å². The standard InChI is InChI=1S/C17H23NO3.C8H11N.C2H6/c1-10-7-16(20)18(4)13-8-11-5-6-15(19)17(2,3)21-14(11)9-12(10)13;9-7-6-8-4-2-1-3-5-8;1-2/h7-9,15-16,19-20H,5-6H2,1-4H3;1-5H,6-7,9H2;1-2H3. The van der Waals surface area contributed by atoms with E-state index in [0.717, 1.165) is 47.5 Å². The number of hydrogen-bond donors (Lipinski definition) is 3. The Bertz CT molecular complexity index is 893.